The molecule has 4 amide bonds. The molecule has 0 saturated carbocycles. The van der Waals surface area contributed by atoms with Gasteiger partial charge in [0.1, 0.15) is 6.04 Å². The Balaban J connectivity index is 2.28. The van der Waals surface area contributed by atoms with Gasteiger partial charge in [-0.15, -0.1) is 0 Å². The number of hydrogen-bond donors (Lipinski definition) is 3. The minimum absolute atomic E-state index is 0.000728. The van der Waals surface area contributed by atoms with Crippen molar-refractivity contribution >= 4 is 23.6 Å². The first-order chi connectivity index (χ1) is 24.0. The second-order valence-corrected chi connectivity index (χ2v) is 15.6. The number of hydrogen-bond acceptors (Lipinski definition) is 7. The molecular formula is C40H69N5O6. The van der Waals surface area contributed by atoms with Crippen molar-refractivity contribution in [2.45, 2.75) is 136 Å². The van der Waals surface area contributed by atoms with Gasteiger partial charge in [0.15, 0.2) is 0 Å². The van der Waals surface area contributed by atoms with Crippen LogP contribution in [0.2, 0.25) is 0 Å². The Labute approximate surface area is 308 Å². The summed E-state index contributed by atoms with van der Waals surface area (Å²) in [5.41, 5.74) is 0.430. The van der Waals surface area contributed by atoms with Crippen molar-refractivity contribution in [2.75, 3.05) is 34.9 Å². The van der Waals surface area contributed by atoms with Crippen LogP contribution in [0.5, 0.6) is 0 Å². The minimum atomic E-state index is -0.746. The molecule has 290 valence electrons. The molecule has 2 rings (SSSR count). The number of carbonyl (C=O) groups excluding carboxylic acids is 4. The molecule has 1 heterocycles. The number of carbonyl (C=O) groups is 4. The molecule has 3 N–H and O–H groups in total. The summed E-state index contributed by atoms with van der Waals surface area (Å²) in [5.74, 6) is -1.29. The van der Waals surface area contributed by atoms with Gasteiger partial charge in [0.05, 0.1) is 42.2 Å². The largest absolute Gasteiger partial charge is 0.379 e. The molecule has 9 atom stereocenters. The van der Waals surface area contributed by atoms with E-state index in [9.17, 15) is 19.2 Å². The molecule has 1 saturated heterocycles. The fraction of sp³-hybridized carbons (Fsp3) is 0.750. The third-order valence-electron chi connectivity index (χ3n) is 11.1. The van der Waals surface area contributed by atoms with Crippen LogP contribution in [0.3, 0.4) is 0 Å². The fourth-order valence-electron chi connectivity index (χ4n) is 7.97. The second-order valence-electron chi connectivity index (χ2n) is 15.6. The van der Waals surface area contributed by atoms with E-state index in [0.717, 1.165) is 18.4 Å². The fourth-order valence-corrected chi connectivity index (χ4v) is 7.97. The highest BCUT2D eigenvalue weighted by Gasteiger charge is 2.50. The van der Waals surface area contributed by atoms with Crippen LogP contribution in [0, 0.1) is 23.7 Å². The third kappa shape index (κ3) is 11.2. The summed E-state index contributed by atoms with van der Waals surface area (Å²) >= 11 is 0. The van der Waals surface area contributed by atoms with Crippen LogP contribution in [-0.4, -0.2) is 110 Å². The maximum Gasteiger partial charge on any atom is 0.245 e. The number of rotatable bonds is 20. The summed E-state index contributed by atoms with van der Waals surface area (Å²) in [4.78, 5) is 58.8. The quantitative estimate of drug-likeness (QED) is 0.182. The zero-order chi connectivity index (χ0) is 38.6. The first kappa shape index (κ1) is 44.1. The molecule has 1 aliphatic heterocycles. The van der Waals surface area contributed by atoms with Gasteiger partial charge in [-0.2, -0.15) is 0 Å². The van der Waals surface area contributed by atoms with Gasteiger partial charge < -0.3 is 35.2 Å². The number of ether oxygens (including phenoxy) is 2. The molecule has 0 aliphatic carbocycles. The van der Waals surface area contributed by atoms with Gasteiger partial charge in [0.2, 0.25) is 23.6 Å². The van der Waals surface area contributed by atoms with E-state index in [4.69, 9.17) is 9.47 Å². The van der Waals surface area contributed by atoms with Crippen LogP contribution >= 0.6 is 0 Å². The molecule has 0 bridgehead atoms. The Hall–Kier alpha value is -3.02. The maximum absolute atomic E-state index is 14.3. The Morgan fingerprint density at radius 1 is 0.902 bits per heavy atom. The third-order valence-corrected chi connectivity index (χ3v) is 11.1. The second kappa shape index (κ2) is 20.3. The molecule has 1 aliphatic rings. The Bertz CT molecular complexity index is 1260. The van der Waals surface area contributed by atoms with E-state index >= 15 is 0 Å². The Morgan fingerprint density at radius 2 is 1.51 bits per heavy atom. The molecule has 11 nitrogen and oxygen atoms in total. The molecule has 0 spiro atoms. The van der Waals surface area contributed by atoms with Crippen molar-refractivity contribution in [3.05, 3.63) is 35.9 Å². The number of benzene rings is 1. The predicted octanol–water partition coefficient (Wildman–Crippen LogP) is 4.43. The van der Waals surface area contributed by atoms with Crippen LogP contribution < -0.4 is 16.0 Å². The van der Waals surface area contributed by atoms with Gasteiger partial charge in [0.25, 0.3) is 0 Å². The molecular weight excluding hydrogens is 646 g/mol. The number of methoxy groups -OCH3 is 2. The van der Waals surface area contributed by atoms with E-state index < -0.39 is 41.8 Å². The summed E-state index contributed by atoms with van der Waals surface area (Å²) in [6, 6.07) is 8.38. The number of likely N-dealkylation sites (N-methyl/N-ethyl adjacent to an activating group) is 2. The smallest absolute Gasteiger partial charge is 0.245 e. The van der Waals surface area contributed by atoms with Crippen LogP contribution in [0.4, 0.5) is 0 Å². The first-order valence-corrected chi connectivity index (χ1v) is 18.9. The lowest BCUT2D eigenvalue weighted by Gasteiger charge is -2.44. The molecule has 0 aromatic heterocycles. The van der Waals surface area contributed by atoms with Crippen molar-refractivity contribution < 1.29 is 28.7 Å². The standard InChI is InChI=1S/C40H69N5O6/c1-14-27(6)35(44(11)39(49)34(26(4)5)43-38(48)33(41-10)25(2)3)31(50-12)24-32(46)45-22-18-21-40(45,9)36(51-13)29(8)37(47)42-28(7)23-30-19-16-15-17-20-30/h15-17,19-20,25-29,31,33-36,41H,14,18,21-24H2,1-13H3,(H,42,47)(H,43,48)/t27-,28+,29+,31+,33?,34-,35-,36+,40-/m0/s1. The highest BCUT2D eigenvalue weighted by Crippen LogP contribution is 2.38. The minimum Gasteiger partial charge on any atom is -0.379 e. The van der Waals surface area contributed by atoms with Crippen LogP contribution in [0.1, 0.15) is 93.6 Å². The summed E-state index contributed by atoms with van der Waals surface area (Å²) in [6.45, 7) is 18.3. The lowest BCUT2D eigenvalue weighted by molar-refractivity contribution is -0.152. The zero-order valence-electron chi connectivity index (χ0n) is 33.7. The Kier molecular flexibility index (Phi) is 17.6. The molecule has 1 unspecified atom stereocenters. The van der Waals surface area contributed by atoms with Crippen molar-refractivity contribution in [3.63, 3.8) is 0 Å². The van der Waals surface area contributed by atoms with Crippen molar-refractivity contribution in [1.29, 1.82) is 0 Å². The van der Waals surface area contributed by atoms with E-state index in [2.05, 4.69) is 29.8 Å². The lowest BCUT2D eigenvalue weighted by atomic mass is 9.82. The first-order valence-electron chi connectivity index (χ1n) is 18.9. The van der Waals surface area contributed by atoms with Crippen LogP contribution in [0.15, 0.2) is 30.3 Å². The van der Waals surface area contributed by atoms with Crippen LogP contribution in [-0.2, 0) is 35.1 Å². The average molecular weight is 716 g/mol. The zero-order valence-corrected chi connectivity index (χ0v) is 33.7. The molecule has 11 heteroatoms. The number of amides is 4. The van der Waals surface area contributed by atoms with Gasteiger partial charge in [0, 0.05) is 33.9 Å². The highest BCUT2D eigenvalue weighted by molar-refractivity contribution is 5.90. The van der Waals surface area contributed by atoms with Crippen LogP contribution in [0.25, 0.3) is 0 Å². The lowest BCUT2D eigenvalue weighted by Crippen LogP contribution is -2.60. The Morgan fingerprint density at radius 3 is 2.02 bits per heavy atom. The van der Waals surface area contributed by atoms with Gasteiger partial charge in [-0.25, -0.2) is 0 Å². The van der Waals surface area contributed by atoms with E-state index in [0.29, 0.717) is 19.4 Å². The summed E-state index contributed by atoms with van der Waals surface area (Å²) in [5, 5.41) is 9.22. The van der Waals surface area contributed by atoms with Crippen molar-refractivity contribution in [2.24, 2.45) is 23.7 Å². The SMILES string of the molecule is CC[C@H](C)[C@@H]([C@@H](CC(=O)N1CCC[C@@]1(C)[C@H](OC)[C@@H](C)C(=O)N[C@H](C)Cc1ccccc1)OC)N(C)C(=O)[C@@H](NC(=O)C(NC)C(C)C)C(C)C. The van der Waals surface area contributed by atoms with Crippen molar-refractivity contribution in [1.82, 2.24) is 25.8 Å². The van der Waals surface area contributed by atoms with E-state index in [1.165, 1.54) is 0 Å². The number of nitrogens with zero attached hydrogens (tertiary/aromatic N) is 2. The van der Waals surface area contributed by atoms with E-state index in [-0.39, 0.29) is 53.8 Å². The maximum atomic E-state index is 14.3. The van der Waals surface area contributed by atoms with Gasteiger partial charge >= 0.3 is 0 Å². The summed E-state index contributed by atoms with van der Waals surface area (Å²) in [6.07, 6.45) is 1.86. The molecule has 51 heavy (non-hydrogen) atoms. The molecule has 1 aromatic carbocycles. The van der Waals surface area contributed by atoms with Crippen molar-refractivity contribution in [3.8, 4) is 0 Å². The number of likely N-dealkylation sites (tertiary alicyclic amines) is 1. The normalized spacial score (nSPS) is 21.0. The number of nitrogens with one attached hydrogen (secondary N) is 3. The monoisotopic (exact) mass is 716 g/mol. The van der Waals surface area contributed by atoms with Gasteiger partial charge in [-0.3, -0.25) is 19.2 Å². The topological polar surface area (TPSA) is 129 Å². The van der Waals surface area contributed by atoms with Gasteiger partial charge in [-0.05, 0) is 63.5 Å². The predicted molar refractivity (Wildman–Crippen MR) is 203 cm³/mol. The van der Waals surface area contributed by atoms with E-state index in [1.54, 1.807) is 33.2 Å². The summed E-state index contributed by atoms with van der Waals surface area (Å²) in [7, 11) is 6.67. The molecule has 1 fully saturated rings. The highest BCUT2D eigenvalue weighted by atomic mass is 16.5. The van der Waals surface area contributed by atoms with Gasteiger partial charge in [-0.1, -0.05) is 85.2 Å². The molecule has 0 radical (unpaired) electrons. The average Bonchev–Trinajstić information content (AvgIpc) is 3.48. The molecule has 1 aromatic rings. The van der Waals surface area contributed by atoms with E-state index in [1.807, 2.05) is 83.7 Å². The summed E-state index contributed by atoms with van der Waals surface area (Å²) < 4.78 is 12.1.